The van der Waals surface area contributed by atoms with Gasteiger partial charge in [-0.25, -0.2) is 4.98 Å². The van der Waals surface area contributed by atoms with E-state index in [1.54, 1.807) is 41.1 Å². The summed E-state index contributed by atoms with van der Waals surface area (Å²) in [5.74, 6) is -0.132. The second-order valence-electron chi connectivity index (χ2n) is 4.14. The lowest BCUT2D eigenvalue weighted by Crippen LogP contribution is -2.08. The number of hydrogen-bond donors (Lipinski definition) is 0. The number of nitrogens with zero attached hydrogens (tertiary/aromatic N) is 2. The Morgan fingerprint density at radius 3 is 2.68 bits per heavy atom. The van der Waals surface area contributed by atoms with Crippen LogP contribution >= 0.6 is 0 Å². The first-order chi connectivity index (χ1) is 9.29. The Labute approximate surface area is 109 Å². The van der Waals surface area contributed by atoms with Crippen LogP contribution in [0.2, 0.25) is 0 Å². The zero-order valence-corrected chi connectivity index (χ0v) is 9.98. The minimum absolute atomic E-state index is 0.132. The van der Waals surface area contributed by atoms with E-state index in [9.17, 15) is 9.59 Å². The summed E-state index contributed by atoms with van der Waals surface area (Å²) in [5.41, 5.74) is 2.05. The summed E-state index contributed by atoms with van der Waals surface area (Å²) < 4.78 is 1.68. The molecule has 92 valence electrons. The highest BCUT2D eigenvalue weighted by Gasteiger charge is 2.14. The number of rotatable bonds is 3. The van der Waals surface area contributed by atoms with Crippen LogP contribution in [0.5, 0.6) is 0 Å². The number of carbonyl (C=O) groups excluding carboxylic acids is 2. The van der Waals surface area contributed by atoms with Gasteiger partial charge in [0.1, 0.15) is 11.9 Å². The van der Waals surface area contributed by atoms with Crippen LogP contribution in [-0.4, -0.2) is 21.5 Å². The van der Waals surface area contributed by atoms with Gasteiger partial charge in [-0.3, -0.25) is 14.0 Å². The standard InChI is InChI=1S/C15H10N2O2/c18-10-11-8-13(17-7-6-16-14(17)9-11)15(19)12-4-2-1-3-5-12/h1-10H. The molecule has 0 saturated heterocycles. The molecule has 0 atom stereocenters. The number of ketones is 1. The van der Waals surface area contributed by atoms with E-state index in [4.69, 9.17) is 0 Å². The lowest BCUT2D eigenvalue weighted by molar-refractivity contribution is 0.103. The fourth-order valence-corrected chi connectivity index (χ4v) is 2.02. The third kappa shape index (κ3) is 1.93. The zero-order valence-electron chi connectivity index (χ0n) is 9.98. The number of carbonyl (C=O) groups is 2. The third-order valence-electron chi connectivity index (χ3n) is 2.93. The number of hydrogen-bond acceptors (Lipinski definition) is 3. The Bertz CT molecular complexity index is 760. The minimum Gasteiger partial charge on any atom is -0.298 e. The molecule has 0 unspecified atom stereocenters. The van der Waals surface area contributed by atoms with Gasteiger partial charge in [-0.05, 0) is 12.1 Å². The molecule has 0 aliphatic heterocycles. The fraction of sp³-hybridized carbons (Fsp3) is 0. The maximum absolute atomic E-state index is 12.5. The number of fused-ring (bicyclic) bond motifs is 1. The quantitative estimate of drug-likeness (QED) is 0.529. The highest BCUT2D eigenvalue weighted by molar-refractivity contribution is 6.08. The van der Waals surface area contributed by atoms with Crippen molar-refractivity contribution in [2.75, 3.05) is 0 Å². The van der Waals surface area contributed by atoms with Crippen LogP contribution in [-0.2, 0) is 0 Å². The highest BCUT2D eigenvalue weighted by Crippen LogP contribution is 2.14. The molecular weight excluding hydrogens is 240 g/mol. The summed E-state index contributed by atoms with van der Waals surface area (Å²) in [4.78, 5) is 27.5. The predicted molar refractivity (Wildman–Crippen MR) is 70.5 cm³/mol. The van der Waals surface area contributed by atoms with Crippen molar-refractivity contribution in [2.24, 2.45) is 0 Å². The smallest absolute Gasteiger partial charge is 0.209 e. The lowest BCUT2D eigenvalue weighted by atomic mass is 10.1. The summed E-state index contributed by atoms with van der Waals surface area (Å²) in [7, 11) is 0. The van der Waals surface area contributed by atoms with Crippen LogP contribution in [0.1, 0.15) is 26.4 Å². The van der Waals surface area contributed by atoms with E-state index in [2.05, 4.69) is 4.98 Å². The molecule has 4 heteroatoms. The molecule has 3 rings (SSSR count). The van der Waals surface area contributed by atoms with Crippen LogP contribution in [0.15, 0.2) is 54.9 Å². The van der Waals surface area contributed by atoms with E-state index >= 15 is 0 Å². The molecular formula is C15H10N2O2. The molecule has 0 spiro atoms. The van der Waals surface area contributed by atoms with Crippen molar-refractivity contribution in [1.29, 1.82) is 0 Å². The van der Waals surface area contributed by atoms with Crippen LogP contribution in [0.3, 0.4) is 0 Å². The van der Waals surface area contributed by atoms with Crippen molar-refractivity contribution in [3.63, 3.8) is 0 Å². The maximum atomic E-state index is 12.5. The Morgan fingerprint density at radius 2 is 1.95 bits per heavy atom. The van der Waals surface area contributed by atoms with Gasteiger partial charge in [-0.1, -0.05) is 30.3 Å². The van der Waals surface area contributed by atoms with Gasteiger partial charge < -0.3 is 0 Å². The largest absolute Gasteiger partial charge is 0.298 e. The van der Waals surface area contributed by atoms with Gasteiger partial charge in [0.15, 0.2) is 0 Å². The van der Waals surface area contributed by atoms with Gasteiger partial charge in [0, 0.05) is 23.5 Å². The van der Waals surface area contributed by atoms with Crippen LogP contribution in [0.4, 0.5) is 0 Å². The summed E-state index contributed by atoms with van der Waals surface area (Å²) in [6.07, 6.45) is 4.03. The van der Waals surface area contributed by atoms with E-state index in [1.165, 1.54) is 0 Å². The normalized spacial score (nSPS) is 10.5. The average molecular weight is 250 g/mol. The maximum Gasteiger partial charge on any atom is 0.209 e. The number of benzene rings is 1. The molecule has 0 radical (unpaired) electrons. The number of imidazole rings is 1. The van der Waals surface area contributed by atoms with Gasteiger partial charge in [0.25, 0.3) is 0 Å². The molecule has 3 aromatic rings. The molecule has 1 aromatic carbocycles. The number of pyridine rings is 1. The minimum atomic E-state index is -0.132. The van der Waals surface area contributed by atoms with Gasteiger partial charge in [-0.15, -0.1) is 0 Å². The highest BCUT2D eigenvalue weighted by atomic mass is 16.1. The first-order valence-electron chi connectivity index (χ1n) is 5.81. The fourth-order valence-electron chi connectivity index (χ4n) is 2.02. The van der Waals surface area contributed by atoms with E-state index in [-0.39, 0.29) is 5.78 Å². The van der Waals surface area contributed by atoms with Gasteiger partial charge in [0.05, 0.1) is 5.69 Å². The molecule has 0 bridgehead atoms. The molecule has 0 N–H and O–H groups in total. The molecule has 2 aromatic heterocycles. The molecule has 0 fully saturated rings. The number of aromatic nitrogens is 2. The summed E-state index contributed by atoms with van der Waals surface area (Å²) in [6, 6.07) is 12.2. The molecule has 4 nitrogen and oxygen atoms in total. The Morgan fingerprint density at radius 1 is 1.16 bits per heavy atom. The monoisotopic (exact) mass is 250 g/mol. The second kappa shape index (κ2) is 4.49. The molecule has 0 saturated carbocycles. The van der Waals surface area contributed by atoms with Crippen LogP contribution in [0, 0.1) is 0 Å². The summed E-state index contributed by atoms with van der Waals surface area (Å²) >= 11 is 0. The van der Waals surface area contributed by atoms with Crippen molar-refractivity contribution in [1.82, 2.24) is 9.38 Å². The second-order valence-corrected chi connectivity index (χ2v) is 4.14. The van der Waals surface area contributed by atoms with Crippen molar-refractivity contribution < 1.29 is 9.59 Å². The molecule has 2 heterocycles. The molecule has 0 amide bonds. The van der Waals surface area contributed by atoms with Crippen LogP contribution in [0.25, 0.3) is 5.65 Å². The van der Waals surface area contributed by atoms with Crippen molar-refractivity contribution in [3.05, 3.63) is 71.7 Å². The Hall–Kier alpha value is -2.75. The van der Waals surface area contributed by atoms with Gasteiger partial charge >= 0.3 is 0 Å². The van der Waals surface area contributed by atoms with Crippen LogP contribution < -0.4 is 0 Å². The van der Waals surface area contributed by atoms with E-state index in [0.717, 1.165) is 6.29 Å². The first-order valence-corrected chi connectivity index (χ1v) is 5.81. The average Bonchev–Trinajstić information content (AvgIpc) is 2.94. The molecule has 19 heavy (non-hydrogen) atoms. The zero-order chi connectivity index (χ0) is 13.2. The summed E-state index contributed by atoms with van der Waals surface area (Å²) in [5, 5.41) is 0. The van der Waals surface area contributed by atoms with Crippen molar-refractivity contribution in [3.8, 4) is 0 Å². The predicted octanol–water partition coefficient (Wildman–Crippen LogP) is 2.38. The molecule has 0 aliphatic rings. The van der Waals surface area contributed by atoms with Gasteiger partial charge in [-0.2, -0.15) is 0 Å². The van der Waals surface area contributed by atoms with Crippen molar-refractivity contribution in [2.45, 2.75) is 0 Å². The van der Waals surface area contributed by atoms with E-state index < -0.39 is 0 Å². The van der Waals surface area contributed by atoms with Crippen molar-refractivity contribution >= 4 is 17.7 Å². The first kappa shape index (κ1) is 11.3. The topological polar surface area (TPSA) is 51.4 Å². The lowest BCUT2D eigenvalue weighted by Gasteiger charge is -2.06. The number of aldehydes is 1. The summed E-state index contributed by atoms with van der Waals surface area (Å²) in [6.45, 7) is 0. The Balaban J connectivity index is 2.21. The Kier molecular flexibility index (Phi) is 2.68. The van der Waals surface area contributed by atoms with E-state index in [1.807, 2.05) is 18.2 Å². The third-order valence-corrected chi connectivity index (χ3v) is 2.93. The van der Waals surface area contributed by atoms with Gasteiger partial charge in [0.2, 0.25) is 5.78 Å². The molecule has 0 aliphatic carbocycles. The SMILES string of the molecule is O=Cc1cc(C(=O)c2ccccc2)n2ccnc2c1. The van der Waals surface area contributed by atoms with E-state index in [0.29, 0.717) is 22.5 Å².